The fraction of sp³-hybridized carbons (Fsp3) is 0.478. The lowest BCUT2D eigenvalue weighted by Crippen LogP contribution is -2.49. The molecule has 2 aliphatic heterocycles. The first-order chi connectivity index (χ1) is 15.5. The fourth-order valence-corrected chi connectivity index (χ4v) is 5.29. The van der Waals surface area contributed by atoms with Gasteiger partial charge in [-0.05, 0) is 43.4 Å². The first kappa shape index (κ1) is 20.8. The molecule has 0 aromatic carbocycles. The minimum Gasteiger partial charge on any atom is -0.362 e. The molecule has 2 aromatic heterocycles. The zero-order chi connectivity index (χ0) is 22.4. The number of anilines is 1. The molecule has 2 saturated heterocycles. The number of hydrogen-bond acceptors (Lipinski definition) is 6. The number of nitrogens with zero attached hydrogens (tertiary/aromatic N) is 4. The summed E-state index contributed by atoms with van der Waals surface area (Å²) in [4.78, 5) is 39.7. The molecule has 0 saturated carbocycles. The summed E-state index contributed by atoms with van der Waals surface area (Å²) in [5.74, 6) is -0.322. The Morgan fingerprint density at radius 2 is 2.16 bits per heavy atom. The predicted octanol–water partition coefficient (Wildman–Crippen LogP) is 1.73. The lowest BCUT2D eigenvalue weighted by atomic mass is 10.1. The Bertz CT molecular complexity index is 1150. The highest BCUT2D eigenvalue weighted by Crippen LogP contribution is 2.39. The predicted molar refractivity (Wildman–Crippen MR) is 119 cm³/mol. The van der Waals surface area contributed by atoms with E-state index in [1.165, 1.54) is 7.05 Å². The number of H-pyrrole nitrogens is 1. The van der Waals surface area contributed by atoms with Crippen molar-refractivity contribution in [1.29, 1.82) is 0 Å². The standard InChI is InChI=1S/C23H27FN6O2/c1-3-13-10-26-21(28-22(13)31)14-4-5-15(8-14)29-11-17-9-16(29)12-30(17)19-7-6-18(23(32)25-2)27-20(19)24/h6-8,10,15-17H,3-5,9,11-12H2,1-2H3,(H,25,32)(H,26,28,31)/t15?,16-,17-/m0/s1. The first-order valence-electron chi connectivity index (χ1n) is 11.2. The summed E-state index contributed by atoms with van der Waals surface area (Å²) in [5, 5.41) is 2.47. The number of fused-ring (bicyclic) bond motifs is 2. The molecule has 3 atom stereocenters. The number of pyridine rings is 1. The number of amides is 1. The molecule has 4 heterocycles. The van der Waals surface area contributed by atoms with Crippen molar-refractivity contribution in [2.75, 3.05) is 25.0 Å². The largest absolute Gasteiger partial charge is 0.362 e. The van der Waals surface area contributed by atoms with Gasteiger partial charge < -0.3 is 15.2 Å². The van der Waals surface area contributed by atoms with Crippen LogP contribution in [0.25, 0.3) is 5.57 Å². The van der Waals surface area contributed by atoms with E-state index in [0.29, 0.717) is 35.6 Å². The van der Waals surface area contributed by atoms with Gasteiger partial charge in [0.2, 0.25) is 5.95 Å². The average molecular weight is 439 g/mol. The second-order valence-electron chi connectivity index (χ2n) is 8.72. The van der Waals surface area contributed by atoms with Crippen molar-refractivity contribution in [1.82, 2.24) is 25.2 Å². The molecule has 168 valence electrons. The van der Waals surface area contributed by atoms with Gasteiger partial charge in [-0.3, -0.25) is 14.5 Å². The quantitative estimate of drug-likeness (QED) is 0.691. The summed E-state index contributed by atoms with van der Waals surface area (Å²) >= 11 is 0. The van der Waals surface area contributed by atoms with Crippen LogP contribution in [0.3, 0.4) is 0 Å². The molecule has 32 heavy (non-hydrogen) atoms. The van der Waals surface area contributed by atoms with Crippen molar-refractivity contribution in [3.8, 4) is 0 Å². The Kier molecular flexibility index (Phi) is 5.28. The number of rotatable bonds is 5. The van der Waals surface area contributed by atoms with Crippen LogP contribution >= 0.6 is 0 Å². The maximum atomic E-state index is 14.7. The zero-order valence-corrected chi connectivity index (χ0v) is 18.3. The number of likely N-dealkylation sites (tertiary alicyclic amines) is 1. The molecule has 2 fully saturated rings. The summed E-state index contributed by atoms with van der Waals surface area (Å²) in [7, 11) is 1.50. The Hall–Kier alpha value is -3.07. The molecule has 0 spiro atoms. The molecule has 2 aromatic rings. The molecule has 1 amide bonds. The molecule has 1 unspecified atom stereocenters. The number of carbonyl (C=O) groups excluding carboxylic acids is 1. The van der Waals surface area contributed by atoms with Gasteiger partial charge >= 0.3 is 0 Å². The van der Waals surface area contributed by atoms with E-state index >= 15 is 0 Å². The maximum Gasteiger partial charge on any atom is 0.269 e. The second-order valence-corrected chi connectivity index (χ2v) is 8.72. The molecular weight excluding hydrogens is 411 g/mol. The third kappa shape index (κ3) is 3.50. The third-order valence-corrected chi connectivity index (χ3v) is 6.97. The molecule has 1 aliphatic carbocycles. The van der Waals surface area contributed by atoms with Gasteiger partial charge in [-0.15, -0.1) is 0 Å². The lowest BCUT2D eigenvalue weighted by Gasteiger charge is -2.38. The van der Waals surface area contributed by atoms with E-state index in [0.717, 1.165) is 37.9 Å². The van der Waals surface area contributed by atoms with Gasteiger partial charge in [0.05, 0.1) is 5.69 Å². The van der Waals surface area contributed by atoms with Gasteiger partial charge in [-0.25, -0.2) is 9.97 Å². The highest BCUT2D eigenvalue weighted by Gasteiger charge is 2.46. The smallest absolute Gasteiger partial charge is 0.269 e. The Labute approximate surface area is 185 Å². The van der Waals surface area contributed by atoms with Gasteiger partial charge in [-0.1, -0.05) is 13.0 Å². The number of aryl methyl sites for hydroxylation is 1. The molecule has 5 rings (SSSR count). The average Bonchev–Trinajstić information content (AvgIpc) is 3.54. The van der Waals surface area contributed by atoms with Gasteiger partial charge in [-0.2, -0.15) is 4.39 Å². The zero-order valence-electron chi connectivity index (χ0n) is 18.3. The first-order valence-corrected chi connectivity index (χ1v) is 11.2. The summed E-state index contributed by atoms with van der Waals surface area (Å²) in [6.45, 7) is 3.54. The van der Waals surface area contributed by atoms with Crippen LogP contribution in [0.1, 0.15) is 48.1 Å². The molecule has 9 heteroatoms. The molecule has 3 aliphatic rings. The van der Waals surface area contributed by atoms with E-state index < -0.39 is 11.9 Å². The van der Waals surface area contributed by atoms with Crippen molar-refractivity contribution in [3.05, 3.63) is 57.8 Å². The van der Waals surface area contributed by atoms with E-state index in [4.69, 9.17) is 0 Å². The molecule has 2 bridgehead atoms. The lowest BCUT2D eigenvalue weighted by molar-refractivity contribution is 0.0957. The number of nitrogens with one attached hydrogen (secondary N) is 2. The van der Waals surface area contributed by atoms with Gasteiger partial charge in [0.25, 0.3) is 11.5 Å². The number of piperazine rings is 1. The number of aromatic amines is 1. The van der Waals surface area contributed by atoms with Gasteiger partial charge in [0, 0.05) is 50.0 Å². The SMILES string of the molecule is CCc1cnc(C2=CC(N3C[C@@H]4C[C@H]3CN4c3ccc(C(=O)NC)nc3F)CC2)[nH]c1=O. The van der Waals surface area contributed by atoms with Crippen molar-refractivity contribution in [2.45, 2.75) is 50.7 Å². The van der Waals surface area contributed by atoms with E-state index in [1.807, 2.05) is 6.92 Å². The normalized spacial score (nSPS) is 24.8. The van der Waals surface area contributed by atoms with Gasteiger partial charge in [0.15, 0.2) is 0 Å². The second kappa shape index (κ2) is 8.12. The van der Waals surface area contributed by atoms with Crippen molar-refractivity contribution < 1.29 is 9.18 Å². The number of halogens is 1. The summed E-state index contributed by atoms with van der Waals surface area (Å²) < 4.78 is 14.7. The van der Waals surface area contributed by atoms with Crippen LogP contribution < -0.4 is 15.8 Å². The monoisotopic (exact) mass is 438 g/mol. The summed E-state index contributed by atoms with van der Waals surface area (Å²) in [6, 6.07) is 4.10. The Balaban J connectivity index is 1.29. The fourth-order valence-electron chi connectivity index (χ4n) is 5.29. The number of carbonyl (C=O) groups is 1. The van der Waals surface area contributed by atoms with Crippen LogP contribution in [-0.2, 0) is 6.42 Å². The van der Waals surface area contributed by atoms with Crippen LogP contribution in [-0.4, -0.2) is 64.0 Å². The van der Waals surface area contributed by atoms with Crippen molar-refractivity contribution in [2.24, 2.45) is 0 Å². The van der Waals surface area contributed by atoms with E-state index in [-0.39, 0.29) is 17.3 Å². The van der Waals surface area contributed by atoms with Crippen molar-refractivity contribution in [3.63, 3.8) is 0 Å². The Morgan fingerprint density at radius 1 is 1.31 bits per heavy atom. The topological polar surface area (TPSA) is 94.2 Å². The maximum absolute atomic E-state index is 14.7. The number of aromatic nitrogens is 3. The molecule has 0 radical (unpaired) electrons. The molecular formula is C23H27FN6O2. The summed E-state index contributed by atoms with van der Waals surface area (Å²) in [5.41, 5.74) is 2.28. The van der Waals surface area contributed by atoms with Crippen LogP contribution in [0.4, 0.5) is 10.1 Å². The summed E-state index contributed by atoms with van der Waals surface area (Å²) in [6.07, 6.45) is 7.44. The molecule has 8 nitrogen and oxygen atoms in total. The Morgan fingerprint density at radius 3 is 2.81 bits per heavy atom. The highest BCUT2D eigenvalue weighted by molar-refractivity contribution is 5.92. The third-order valence-electron chi connectivity index (χ3n) is 6.97. The highest BCUT2D eigenvalue weighted by atomic mass is 19.1. The van der Waals surface area contributed by atoms with Crippen molar-refractivity contribution >= 4 is 17.2 Å². The minimum absolute atomic E-state index is 0.0595. The van der Waals surface area contributed by atoms with E-state index in [9.17, 15) is 14.0 Å². The van der Waals surface area contributed by atoms with Crippen LogP contribution in [0.2, 0.25) is 0 Å². The number of allylic oxidation sites excluding steroid dienone is 1. The van der Waals surface area contributed by atoms with E-state index in [1.54, 1.807) is 18.3 Å². The number of hydrogen-bond donors (Lipinski definition) is 2. The van der Waals surface area contributed by atoms with Crippen LogP contribution in [0.5, 0.6) is 0 Å². The van der Waals surface area contributed by atoms with Crippen LogP contribution in [0.15, 0.2) is 29.2 Å². The van der Waals surface area contributed by atoms with E-state index in [2.05, 4.69) is 36.1 Å². The minimum atomic E-state index is -0.598. The van der Waals surface area contributed by atoms with Gasteiger partial charge in [0.1, 0.15) is 11.5 Å². The van der Waals surface area contributed by atoms with Crippen LogP contribution in [0, 0.1) is 5.95 Å². The molecule has 2 N–H and O–H groups in total.